The van der Waals surface area contributed by atoms with E-state index in [0.717, 1.165) is 13.0 Å². The average molecular weight is 196 g/mol. The van der Waals surface area contributed by atoms with E-state index in [1.54, 1.807) is 0 Å². The highest BCUT2D eigenvalue weighted by atomic mass is 16.7. The lowest BCUT2D eigenvalue weighted by atomic mass is 9.92. The molecule has 0 bridgehead atoms. The molecule has 14 heavy (non-hydrogen) atoms. The highest BCUT2D eigenvalue weighted by molar-refractivity contribution is 4.91. The predicted octanol–water partition coefficient (Wildman–Crippen LogP) is 2.39. The topological polar surface area (TPSA) is 45.0 Å². The van der Waals surface area contributed by atoms with Gasteiger partial charge in [0.1, 0.15) is 0 Å². The largest absolute Gasteiger partial charge is 0.299 e. The van der Waals surface area contributed by atoms with Crippen LogP contribution in [-0.2, 0) is 4.84 Å². The van der Waals surface area contributed by atoms with Gasteiger partial charge in [0.2, 0.25) is 0 Å². The van der Waals surface area contributed by atoms with Crippen LogP contribution in [0.4, 0.5) is 0 Å². The summed E-state index contributed by atoms with van der Waals surface area (Å²) in [6, 6.07) is 2.27. The van der Waals surface area contributed by atoms with Crippen LogP contribution in [0.1, 0.15) is 46.0 Å². The zero-order valence-electron chi connectivity index (χ0n) is 9.18. The van der Waals surface area contributed by atoms with Crippen molar-refractivity contribution in [1.82, 2.24) is 5.48 Å². The highest BCUT2D eigenvalue weighted by Gasteiger charge is 2.18. The van der Waals surface area contributed by atoms with E-state index in [1.165, 1.54) is 25.7 Å². The maximum absolute atomic E-state index is 8.79. The second kappa shape index (κ2) is 5.33. The van der Waals surface area contributed by atoms with Crippen LogP contribution in [0, 0.1) is 16.7 Å². The van der Waals surface area contributed by atoms with Crippen molar-refractivity contribution in [3.05, 3.63) is 0 Å². The third-order valence-electron chi connectivity index (χ3n) is 2.71. The van der Waals surface area contributed by atoms with Crippen molar-refractivity contribution in [1.29, 1.82) is 5.26 Å². The Kier molecular flexibility index (Phi) is 4.37. The van der Waals surface area contributed by atoms with Gasteiger partial charge in [-0.05, 0) is 33.1 Å². The molecule has 1 rings (SSSR count). The molecular weight excluding hydrogens is 176 g/mol. The average Bonchev–Trinajstić information content (AvgIpc) is 2.65. The summed E-state index contributed by atoms with van der Waals surface area (Å²) in [5.41, 5.74) is 2.72. The van der Waals surface area contributed by atoms with Crippen LogP contribution in [0.15, 0.2) is 0 Å². The second-order valence-electron chi connectivity index (χ2n) is 4.66. The Morgan fingerprint density at radius 1 is 1.43 bits per heavy atom. The van der Waals surface area contributed by atoms with Gasteiger partial charge in [0.05, 0.1) is 17.6 Å². The maximum Gasteiger partial charge on any atom is 0.0790 e. The quantitative estimate of drug-likeness (QED) is 0.542. The van der Waals surface area contributed by atoms with Gasteiger partial charge in [0.15, 0.2) is 0 Å². The molecule has 0 aliphatic heterocycles. The molecule has 0 aromatic carbocycles. The summed E-state index contributed by atoms with van der Waals surface area (Å²) in [5, 5.41) is 8.79. The van der Waals surface area contributed by atoms with Crippen molar-refractivity contribution in [2.24, 2.45) is 5.41 Å². The Balaban J connectivity index is 2.02. The van der Waals surface area contributed by atoms with Crippen LogP contribution in [0.5, 0.6) is 0 Å². The van der Waals surface area contributed by atoms with Gasteiger partial charge in [-0.2, -0.15) is 5.26 Å². The van der Waals surface area contributed by atoms with E-state index in [0.29, 0.717) is 6.10 Å². The van der Waals surface area contributed by atoms with Gasteiger partial charge in [-0.3, -0.25) is 4.84 Å². The molecule has 1 fully saturated rings. The van der Waals surface area contributed by atoms with E-state index in [2.05, 4.69) is 11.5 Å². The van der Waals surface area contributed by atoms with Crippen LogP contribution in [0.3, 0.4) is 0 Å². The maximum atomic E-state index is 8.79. The molecule has 0 aromatic heterocycles. The second-order valence-corrected chi connectivity index (χ2v) is 4.66. The molecule has 0 heterocycles. The van der Waals surface area contributed by atoms with Crippen molar-refractivity contribution in [2.45, 2.75) is 52.1 Å². The molecule has 1 N–H and O–H groups in total. The fraction of sp³-hybridized carbons (Fsp3) is 0.909. The number of nitrogens with zero attached hydrogens (tertiary/aromatic N) is 1. The van der Waals surface area contributed by atoms with E-state index < -0.39 is 0 Å². The first-order valence-electron chi connectivity index (χ1n) is 5.44. The number of hydrogen-bond acceptors (Lipinski definition) is 3. The van der Waals surface area contributed by atoms with Gasteiger partial charge >= 0.3 is 0 Å². The molecule has 0 amide bonds. The summed E-state index contributed by atoms with van der Waals surface area (Å²) < 4.78 is 0. The monoisotopic (exact) mass is 196 g/mol. The van der Waals surface area contributed by atoms with Gasteiger partial charge in [-0.1, -0.05) is 12.8 Å². The predicted molar refractivity (Wildman–Crippen MR) is 55.4 cm³/mol. The summed E-state index contributed by atoms with van der Waals surface area (Å²) in [6.45, 7) is 4.66. The Morgan fingerprint density at radius 2 is 2.07 bits per heavy atom. The standard InChI is InChI=1S/C11H20N2O/c1-11(2,9-12)7-8-13-14-10-5-3-4-6-10/h10,13H,3-8H2,1-2H3. The van der Waals surface area contributed by atoms with Crippen LogP contribution in [0.25, 0.3) is 0 Å². The Morgan fingerprint density at radius 3 is 2.64 bits per heavy atom. The number of hydrogen-bond donors (Lipinski definition) is 1. The molecular formula is C11H20N2O. The lowest BCUT2D eigenvalue weighted by Crippen LogP contribution is -2.25. The van der Waals surface area contributed by atoms with E-state index >= 15 is 0 Å². The molecule has 1 aliphatic rings. The fourth-order valence-electron chi connectivity index (χ4n) is 1.60. The highest BCUT2D eigenvalue weighted by Crippen LogP contribution is 2.20. The molecule has 3 heteroatoms. The molecule has 0 unspecified atom stereocenters. The van der Waals surface area contributed by atoms with Crippen molar-refractivity contribution >= 4 is 0 Å². The fourth-order valence-corrected chi connectivity index (χ4v) is 1.60. The molecule has 0 radical (unpaired) electrons. The van der Waals surface area contributed by atoms with Crippen molar-refractivity contribution < 1.29 is 4.84 Å². The number of nitriles is 1. The van der Waals surface area contributed by atoms with Crippen molar-refractivity contribution in [2.75, 3.05) is 6.54 Å². The zero-order valence-corrected chi connectivity index (χ0v) is 9.18. The summed E-state index contributed by atoms with van der Waals surface area (Å²) in [5.74, 6) is 0. The van der Waals surface area contributed by atoms with Crippen molar-refractivity contribution in [3.8, 4) is 6.07 Å². The third-order valence-corrected chi connectivity index (χ3v) is 2.71. The summed E-state index contributed by atoms with van der Waals surface area (Å²) >= 11 is 0. The lowest BCUT2D eigenvalue weighted by molar-refractivity contribution is -0.0231. The smallest absolute Gasteiger partial charge is 0.0790 e. The van der Waals surface area contributed by atoms with E-state index in [9.17, 15) is 0 Å². The normalized spacial score (nSPS) is 18.4. The van der Waals surface area contributed by atoms with Gasteiger partial charge in [0.25, 0.3) is 0 Å². The third kappa shape index (κ3) is 4.08. The van der Waals surface area contributed by atoms with Gasteiger partial charge in [0, 0.05) is 6.54 Å². The molecule has 0 spiro atoms. The minimum atomic E-state index is -0.244. The summed E-state index contributed by atoms with van der Waals surface area (Å²) in [4.78, 5) is 5.48. The SMILES string of the molecule is CC(C)(C#N)CCNOC1CCCC1. The summed E-state index contributed by atoms with van der Waals surface area (Å²) in [6.07, 6.45) is 6.16. The first-order valence-corrected chi connectivity index (χ1v) is 5.44. The van der Waals surface area contributed by atoms with Crippen molar-refractivity contribution in [3.63, 3.8) is 0 Å². The first kappa shape index (κ1) is 11.5. The molecule has 0 saturated heterocycles. The Hall–Kier alpha value is -0.590. The molecule has 1 saturated carbocycles. The van der Waals surface area contributed by atoms with Gasteiger partial charge < -0.3 is 0 Å². The number of hydroxylamine groups is 1. The molecule has 0 aromatic rings. The van der Waals surface area contributed by atoms with Gasteiger partial charge in [-0.25, -0.2) is 5.48 Å². The minimum Gasteiger partial charge on any atom is -0.299 e. The van der Waals surface area contributed by atoms with Crippen LogP contribution < -0.4 is 5.48 Å². The first-order chi connectivity index (χ1) is 6.64. The summed E-state index contributed by atoms with van der Waals surface area (Å²) in [7, 11) is 0. The Labute approximate surface area is 86.4 Å². The molecule has 80 valence electrons. The molecule has 1 aliphatic carbocycles. The zero-order chi connectivity index (χ0) is 10.4. The number of nitrogens with one attached hydrogen (secondary N) is 1. The van der Waals surface area contributed by atoms with Gasteiger partial charge in [-0.15, -0.1) is 0 Å². The van der Waals surface area contributed by atoms with Crippen LogP contribution >= 0.6 is 0 Å². The molecule has 0 atom stereocenters. The van der Waals surface area contributed by atoms with E-state index in [1.807, 2.05) is 13.8 Å². The van der Waals surface area contributed by atoms with E-state index in [-0.39, 0.29) is 5.41 Å². The van der Waals surface area contributed by atoms with Crippen LogP contribution in [0.2, 0.25) is 0 Å². The molecule has 3 nitrogen and oxygen atoms in total. The number of rotatable bonds is 5. The Bertz CT molecular complexity index is 202. The lowest BCUT2D eigenvalue weighted by Gasteiger charge is -2.16. The van der Waals surface area contributed by atoms with Crippen LogP contribution in [-0.4, -0.2) is 12.6 Å². The van der Waals surface area contributed by atoms with E-state index in [4.69, 9.17) is 10.1 Å². The minimum absolute atomic E-state index is 0.244.